The first-order valence-electron chi connectivity index (χ1n) is 7.06. The Balaban J connectivity index is 1.69. The lowest BCUT2D eigenvalue weighted by molar-refractivity contribution is -0.120. The third-order valence-corrected chi connectivity index (χ3v) is 5.23. The SMILES string of the molecule is CCOC(=O)c1nc2c(s1)CC1(C2)C(=O)Nc2ncccc21. The lowest BCUT2D eigenvalue weighted by Gasteiger charge is -2.20. The molecule has 0 aromatic carbocycles. The fourth-order valence-corrected chi connectivity index (χ4v) is 4.24. The Labute approximate surface area is 130 Å². The predicted octanol–water partition coefficient (Wildman–Crippen LogP) is 1.70. The van der Waals surface area contributed by atoms with Crippen LogP contribution < -0.4 is 5.32 Å². The van der Waals surface area contributed by atoms with Crippen molar-refractivity contribution >= 4 is 29.0 Å². The van der Waals surface area contributed by atoms with E-state index in [1.165, 1.54) is 11.3 Å². The van der Waals surface area contributed by atoms with Gasteiger partial charge in [-0.05, 0) is 13.0 Å². The number of esters is 1. The minimum Gasteiger partial charge on any atom is -0.461 e. The van der Waals surface area contributed by atoms with Crippen molar-refractivity contribution in [3.05, 3.63) is 39.5 Å². The zero-order valence-electron chi connectivity index (χ0n) is 11.9. The third-order valence-electron chi connectivity index (χ3n) is 4.15. The van der Waals surface area contributed by atoms with Crippen molar-refractivity contribution in [1.29, 1.82) is 0 Å². The van der Waals surface area contributed by atoms with Crippen LogP contribution in [0.15, 0.2) is 18.3 Å². The van der Waals surface area contributed by atoms with Gasteiger partial charge in [0.25, 0.3) is 0 Å². The second-order valence-corrected chi connectivity index (χ2v) is 6.48. The van der Waals surface area contributed by atoms with E-state index in [9.17, 15) is 9.59 Å². The number of hydrogen-bond donors (Lipinski definition) is 1. The van der Waals surface area contributed by atoms with Gasteiger partial charge in [0.1, 0.15) is 5.82 Å². The van der Waals surface area contributed by atoms with E-state index in [0.717, 1.165) is 16.1 Å². The summed E-state index contributed by atoms with van der Waals surface area (Å²) in [5.74, 6) is 0.200. The standard InChI is InChI=1S/C15H13N3O3S/c1-2-21-13(19)12-17-9-6-15(7-10(9)22-12)8-4-3-5-16-11(8)18-14(15)20/h3-5H,2,6-7H2,1H3,(H,16,18,20). The van der Waals surface area contributed by atoms with Gasteiger partial charge in [-0.25, -0.2) is 14.8 Å². The molecule has 1 amide bonds. The number of nitrogens with zero attached hydrogens (tertiary/aromatic N) is 2. The summed E-state index contributed by atoms with van der Waals surface area (Å²) in [7, 11) is 0. The Hall–Kier alpha value is -2.28. The van der Waals surface area contributed by atoms with Crippen LogP contribution in [-0.2, 0) is 27.8 Å². The average Bonchev–Trinajstić information content (AvgIpc) is 3.12. The lowest BCUT2D eigenvalue weighted by atomic mass is 9.80. The molecule has 0 fully saturated rings. The van der Waals surface area contributed by atoms with E-state index in [2.05, 4.69) is 15.3 Å². The normalized spacial score (nSPS) is 21.6. The molecule has 7 heteroatoms. The molecule has 1 unspecified atom stereocenters. The van der Waals surface area contributed by atoms with Crippen LogP contribution in [-0.4, -0.2) is 28.5 Å². The van der Waals surface area contributed by atoms with Gasteiger partial charge in [0, 0.05) is 29.5 Å². The van der Waals surface area contributed by atoms with Crippen molar-refractivity contribution < 1.29 is 14.3 Å². The molecule has 22 heavy (non-hydrogen) atoms. The molecule has 1 N–H and O–H groups in total. The largest absolute Gasteiger partial charge is 0.461 e. The Morgan fingerprint density at radius 1 is 1.50 bits per heavy atom. The number of fused-ring (bicyclic) bond motifs is 3. The topological polar surface area (TPSA) is 81.2 Å². The quantitative estimate of drug-likeness (QED) is 0.853. The molecular weight excluding hydrogens is 302 g/mol. The Bertz CT molecular complexity index is 776. The van der Waals surface area contributed by atoms with Crippen LogP contribution in [0.2, 0.25) is 0 Å². The number of nitrogens with one attached hydrogen (secondary N) is 1. The number of ether oxygens (including phenoxy) is 1. The molecule has 1 atom stereocenters. The van der Waals surface area contributed by atoms with Crippen LogP contribution in [0.4, 0.5) is 5.82 Å². The van der Waals surface area contributed by atoms with Gasteiger partial charge in [-0.2, -0.15) is 0 Å². The van der Waals surface area contributed by atoms with Crippen molar-refractivity contribution in [3.8, 4) is 0 Å². The van der Waals surface area contributed by atoms with Crippen LogP contribution in [0.5, 0.6) is 0 Å². The van der Waals surface area contributed by atoms with Gasteiger partial charge in [0.15, 0.2) is 0 Å². The Morgan fingerprint density at radius 3 is 3.14 bits per heavy atom. The second kappa shape index (κ2) is 4.61. The fourth-order valence-electron chi connectivity index (χ4n) is 3.15. The highest BCUT2D eigenvalue weighted by Crippen LogP contribution is 2.47. The minimum absolute atomic E-state index is 0.0379. The van der Waals surface area contributed by atoms with Gasteiger partial charge in [-0.1, -0.05) is 6.07 Å². The maximum Gasteiger partial charge on any atom is 0.367 e. The van der Waals surface area contributed by atoms with E-state index in [0.29, 0.717) is 30.3 Å². The summed E-state index contributed by atoms with van der Waals surface area (Å²) in [6.45, 7) is 2.09. The lowest BCUT2D eigenvalue weighted by Crippen LogP contribution is -2.35. The first-order valence-corrected chi connectivity index (χ1v) is 7.88. The molecular formula is C15H13N3O3S. The van der Waals surface area contributed by atoms with Gasteiger partial charge in [0.2, 0.25) is 10.9 Å². The number of amides is 1. The number of thiazole rings is 1. The van der Waals surface area contributed by atoms with Crippen molar-refractivity contribution in [3.63, 3.8) is 0 Å². The summed E-state index contributed by atoms with van der Waals surface area (Å²) in [5, 5.41) is 3.21. The summed E-state index contributed by atoms with van der Waals surface area (Å²) >= 11 is 1.32. The first-order chi connectivity index (χ1) is 10.6. The van der Waals surface area contributed by atoms with E-state index in [4.69, 9.17) is 4.74 Å². The molecule has 112 valence electrons. The van der Waals surface area contributed by atoms with E-state index >= 15 is 0 Å². The fraction of sp³-hybridized carbons (Fsp3) is 0.333. The first kappa shape index (κ1) is 13.4. The van der Waals surface area contributed by atoms with E-state index in [1.807, 2.05) is 12.1 Å². The highest BCUT2D eigenvalue weighted by Gasteiger charge is 2.52. The van der Waals surface area contributed by atoms with Crippen molar-refractivity contribution in [2.45, 2.75) is 25.2 Å². The van der Waals surface area contributed by atoms with Crippen LogP contribution in [0.25, 0.3) is 0 Å². The number of aromatic nitrogens is 2. The molecule has 2 aromatic rings. The number of pyridine rings is 1. The summed E-state index contributed by atoms with van der Waals surface area (Å²) < 4.78 is 4.98. The molecule has 0 saturated carbocycles. The molecule has 6 nitrogen and oxygen atoms in total. The van der Waals surface area contributed by atoms with Crippen LogP contribution >= 0.6 is 11.3 Å². The molecule has 2 aliphatic rings. The molecule has 0 radical (unpaired) electrons. The summed E-state index contributed by atoms with van der Waals surface area (Å²) in [6.07, 6.45) is 2.73. The predicted molar refractivity (Wildman–Crippen MR) is 80.0 cm³/mol. The molecule has 1 spiro atoms. The van der Waals surface area contributed by atoms with Gasteiger partial charge in [-0.15, -0.1) is 11.3 Å². The van der Waals surface area contributed by atoms with Crippen molar-refractivity contribution in [1.82, 2.24) is 9.97 Å². The van der Waals surface area contributed by atoms with Gasteiger partial charge in [-0.3, -0.25) is 4.79 Å². The van der Waals surface area contributed by atoms with Crippen LogP contribution in [0.3, 0.4) is 0 Å². The maximum absolute atomic E-state index is 12.5. The second-order valence-electron chi connectivity index (χ2n) is 5.40. The van der Waals surface area contributed by atoms with Crippen LogP contribution in [0.1, 0.15) is 32.9 Å². The maximum atomic E-state index is 12.5. The molecule has 1 aliphatic carbocycles. The van der Waals surface area contributed by atoms with E-state index < -0.39 is 11.4 Å². The zero-order valence-corrected chi connectivity index (χ0v) is 12.7. The molecule has 2 aromatic heterocycles. The van der Waals surface area contributed by atoms with Crippen molar-refractivity contribution in [2.75, 3.05) is 11.9 Å². The average molecular weight is 315 g/mol. The number of carbonyl (C=O) groups excluding carboxylic acids is 2. The Morgan fingerprint density at radius 2 is 2.36 bits per heavy atom. The zero-order chi connectivity index (χ0) is 15.3. The summed E-state index contributed by atoms with van der Waals surface area (Å²) in [5.41, 5.74) is 1.12. The number of hydrogen-bond acceptors (Lipinski definition) is 6. The minimum atomic E-state index is -0.620. The molecule has 0 saturated heterocycles. The Kier molecular flexibility index (Phi) is 2.80. The highest BCUT2D eigenvalue weighted by atomic mass is 32.1. The molecule has 3 heterocycles. The highest BCUT2D eigenvalue weighted by molar-refractivity contribution is 7.13. The smallest absolute Gasteiger partial charge is 0.367 e. The summed E-state index contributed by atoms with van der Waals surface area (Å²) in [6, 6.07) is 3.77. The number of rotatable bonds is 2. The molecule has 1 aliphatic heterocycles. The van der Waals surface area contributed by atoms with E-state index in [1.54, 1.807) is 13.1 Å². The van der Waals surface area contributed by atoms with Gasteiger partial charge < -0.3 is 10.1 Å². The summed E-state index contributed by atoms with van der Waals surface area (Å²) in [4.78, 5) is 33.8. The molecule has 4 rings (SSSR count). The van der Waals surface area contributed by atoms with Crippen LogP contribution in [0, 0.1) is 0 Å². The number of carbonyl (C=O) groups is 2. The number of anilines is 1. The monoisotopic (exact) mass is 315 g/mol. The van der Waals surface area contributed by atoms with E-state index in [-0.39, 0.29) is 5.91 Å². The molecule has 0 bridgehead atoms. The third kappa shape index (κ3) is 1.72. The van der Waals surface area contributed by atoms with Gasteiger partial charge >= 0.3 is 5.97 Å². The van der Waals surface area contributed by atoms with Crippen molar-refractivity contribution in [2.24, 2.45) is 0 Å². The van der Waals surface area contributed by atoms with Gasteiger partial charge in [0.05, 0.1) is 17.7 Å².